The first-order valence-electron chi connectivity index (χ1n) is 7.89. The molecule has 5 heteroatoms. The van der Waals surface area contributed by atoms with E-state index in [0.29, 0.717) is 19.0 Å². The topological polar surface area (TPSA) is 54.5 Å². The summed E-state index contributed by atoms with van der Waals surface area (Å²) in [6.45, 7) is 2.84. The van der Waals surface area contributed by atoms with Crippen molar-refractivity contribution >= 4 is 15.7 Å². The second-order valence-corrected chi connectivity index (χ2v) is 8.63. The second kappa shape index (κ2) is 7.27. The molecule has 0 aromatic heterocycles. The zero-order valence-electron chi connectivity index (χ0n) is 13.4. The van der Waals surface area contributed by atoms with Gasteiger partial charge in [-0.05, 0) is 44.1 Å². The molecule has 0 N–H and O–H groups in total. The third kappa shape index (κ3) is 4.57. The molecule has 1 fully saturated rings. The molecule has 0 spiro atoms. The normalized spacial score (nSPS) is 18.2. The number of rotatable bonds is 5. The molecule has 22 heavy (non-hydrogen) atoms. The average molecular weight is 323 g/mol. The van der Waals surface area contributed by atoms with Crippen molar-refractivity contribution in [2.24, 2.45) is 5.92 Å². The minimum Gasteiger partial charge on any atom is -0.342 e. The molecule has 0 radical (unpaired) electrons. The molecular formula is C17H25NO3S. The average Bonchev–Trinajstić information content (AvgIpc) is 2.52. The van der Waals surface area contributed by atoms with Crippen LogP contribution in [-0.2, 0) is 21.1 Å². The van der Waals surface area contributed by atoms with Gasteiger partial charge in [-0.25, -0.2) is 8.42 Å². The van der Waals surface area contributed by atoms with E-state index in [-0.39, 0.29) is 5.91 Å². The highest BCUT2D eigenvalue weighted by Gasteiger charge is 2.30. The lowest BCUT2D eigenvalue weighted by molar-refractivity contribution is -0.131. The number of hydrogen-bond donors (Lipinski definition) is 0. The molecule has 0 aliphatic carbocycles. The molecule has 0 unspecified atom stereocenters. The van der Waals surface area contributed by atoms with Crippen molar-refractivity contribution in [2.45, 2.75) is 37.9 Å². The minimum atomic E-state index is -3.30. The van der Waals surface area contributed by atoms with Gasteiger partial charge in [-0.2, -0.15) is 0 Å². The number of amides is 1. The molecule has 122 valence electrons. The number of benzene rings is 1. The number of hydrogen-bond acceptors (Lipinski definition) is 3. The van der Waals surface area contributed by atoms with Gasteiger partial charge in [0.25, 0.3) is 0 Å². The fraction of sp³-hybridized carbons (Fsp3) is 0.588. The lowest BCUT2D eigenvalue weighted by atomic mass is 9.90. The number of piperidine rings is 1. The Hall–Kier alpha value is -1.36. The lowest BCUT2D eigenvalue weighted by Gasteiger charge is -2.33. The summed E-state index contributed by atoms with van der Waals surface area (Å²) in [7, 11) is -3.30. The molecule has 1 aliphatic rings. The highest BCUT2D eigenvalue weighted by atomic mass is 32.2. The van der Waals surface area contributed by atoms with Gasteiger partial charge in [0.15, 0.2) is 9.84 Å². The minimum absolute atomic E-state index is 0.246. The van der Waals surface area contributed by atoms with Crippen LogP contribution in [0.1, 0.15) is 31.7 Å². The number of carbonyl (C=O) groups excluding carboxylic acids is 1. The van der Waals surface area contributed by atoms with Crippen LogP contribution in [0.25, 0.3) is 0 Å². The molecule has 1 heterocycles. The van der Waals surface area contributed by atoms with Crippen molar-refractivity contribution in [3.63, 3.8) is 0 Å². The van der Waals surface area contributed by atoms with Crippen molar-refractivity contribution in [3.05, 3.63) is 35.9 Å². The Bertz CT molecular complexity index is 590. The van der Waals surface area contributed by atoms with E-state index in [0.717, 1.165) is 31.9 Å². The van der Waals surface area contributed by atoms with E-state index in [1.165, 1.54) is 12.5 Å². The van der Waals surface area contributed by atoms with E-state index in [9.17, 15) is 13.2 Å². The molecule has 0 saturated carbocycles. The first-order chi connectivity index (χ1) is 10.4. The Balaban J connectivity index is 1.79. The van der Waals surface area contributed by atoms with E-state index < -0.39 is 15.1 Å². The third-order valence-corrected chi connectivity index (χ3v) is 6.09. The summed E-state index contributed by atoms with van der Waals surface area (Å²) in [5, 5.41) is -0.923. The predicted molar refractivity (Wildman–Crippen MR) is 88.4 cm³/mol. The predicted octanol–water partition coefficient (Wildman–Crippen LogP) is 2.29. The van der Waals surface area contributed by atoms with Gasteiger partial charge < -0.3 is 4.90 Å². The summed E-state index contributed by atoms with van der Waals surface area (Å²) >= 11 is 0. The van der Waals surface area contributed by atoms with Crippen molar-refractivity contribution < 1.29 is 13.2 Å². The lowest BCUT2D eigenvalue weighted by Crippen LogP contribution is -2.45. The highest BCUT2D eigenvalue weighted by molar-refractivity contribution is 7.92. The smallest absolute Gasteiger partial charge is 0.240 e. The van der Waals surface area contributed by atoms with E-state index in [1.807, 2.05) is 6.07 Å². The van der Waals surface area contributed by atoms with Crippen LogP contribution in [0.5, 0.6) is 0 Å². The van der Waals surface area contributed by atoms with Crippen molar-refractivity contribution in [2.75, 3.05) is 19.3 Å². The van der Waals surface area contributed by atoms with Crippen molar-refractivity contribution in [1.29, 1.82) is 0 Å². The van der Waals surface area contributed by atoms with Gasteiger partial charge in [0.2, 0.25) is 5.91 Å². The van der Waals surface area contributed by atoms with Crippen LogP contribution in [-0.4, -0.2) is 43.8 Å². The Morgan fingerprint density at radius 2 is 1.82 bits per heavy atom. The van der Waals surface area contributed by atoms with Crippen LogP contribution in [0.3, 0.4) is 0 Å². The second-order valence-electron chi connectivity index (χ2n) is 6.26. The SMILES string of the molecule is C[C@@H](C(=O)N1CCC(CCc2ccccc2)CC1)S(C)(=O)=O. The van der Waals surface area contributed by atoms with E-state index >= 15 is 0 Å². The fourth-order valence-corrected chi connectivity index (χ4v) is 3.41. The summed E-state index contributed by atoms with van der Waals surface area (Å²) in [6.07, 6.45) is 5.26. The number of likely N-dealkylation sites (tertiary alicyclic amines) is 1. The molecule has 4 nitrogen and oxygen atoms in total. The standard InChI is InChI=1S/C17H25NO3S/c1-14(22(2,20)21)17(19)18-12-10-16(11-13-18)9-8-15-6-4-3-5-7-15/h3-7,14,16H,8-13H2,1-2H3/t14-/m0/s1. The molecule has 1 atom stereocenters. The monoisotopic (exact) mass is 323 g/mol. The van der Waals surface area contributed by atoms with Crippen molar-refractivity contribution in [3.8, 4) is 0 Å². The van der Waals surface area contributed by atoms with Crippen LogP contribution in [0.2, 0.25) is 0 Å². The van der Waals surface area contributed by atoms with Gasteiger partial charge in [-0.1, -0.05) is 30.3 Å². The van der Waals surface area contributed by atoms with Gasteiger partial charge in [0, 0.05) is 19.3 Å². The number of sulfone groups is 1. The quantitative estimate of drug-likeness (QED) is 0.835. The van der Waals surface area contributed by atoms with Gasteiger partial charge in [0.05, 0.1) is 0 Å². The van der Waals surface area contributed by atoms with Crippen LogP contribution < -0.4 is 0 Å². The fourth-order valence-electron chi connectivity index (χ4n) is 2.90. The summed E-state index contributed by atoms with van der Waals surface area (Å²) in [6, 6.07) is 10.4. The maximum atomic E-state index is 12.2. The molecule has 2 rings (SSSR count). The third-order valence-electron chi connectivity index (χ3n) is 4.60. The van der Waals surface area contributed by atoms with Gasteiger partial charge in [0.1, 0.15) is 5.25 Å². The summed E-state index contributed by atoms with van der Waals surface area (Å²) in [4.78, 5) is 13.9. The summed E-state index contributed by atoms with van der Waals surface area (Å²) < 4.78 is 23.0. The van der Waals surface area contributed by atoms with Crippen molar-refractivity contribution in [1.82, 2.24) is 4.90 Å². The van der Waals surface area contributed by atoms with E-state index in [2.05, 4.69) is 24.3 Å². The zero-order chi connectivity index (χ0) is 16.2. The number of aryl methyl sites for hydroxylation is 1. The van der Waals surface area contributed by atoms with Crippen LogP contribution >= 0.6 is 0 Å². The molecule has 1 saturated heterocycles. The van der Waals surface area contributed by atoms with E-state index in [1.54, 1.807) is 4.90 Å². The van der Waals surface area contributed by atoms with Crippen LogP contribution in [0, 0.1) is 5.92 Å². The molecule has 1 aromatic carbocycles. The van der Waals surface area contributed by atoms with Gasteiger partial charge in [-0.15, -0.1) is 0 Å². The molecular weight excluding hydrogens is 298 g/mol. The molecule has 1 aromatic rings. The molecule has 1 aliphatic heterocycles. The van der Waals surface area contributed by atoms with Crippen LogP contribution in [0.15, 0.2) is 30.3 Å². The molecule has 0 bridgehead atoms. The first kappa shape index (κ1) is 17.0. The Morgan fingerprint density at radius 3 is 2.36 bits per heavy atom. The Labute approximate surface area is 133 Å². The number of nitrogens with zero attached hydrogens (tertiary/aromatic N) is 1. The van der Waals surface area contributed by atoms with Gasteiger partial charge >= 0.3 is 0 Å². The maximum Gasteiger partial charge on any atom is 0.240 e. The van der Waals surface area contributed by atoms with Crippen LogP contribution in [0.4, 0.5) is 0 Å². The summed E-state index contributed by atoms with van der Waals surface area (Å²) in [5.41, 5.74) is 1.35. The van der Waals surface area contributed by atoms with E-state index in [4.69, 9.17) is 0 Å². The van der Waals surface area contributed by atoms with Gasteiger partial charge in [-0.3, -0.25) is 4.79 Å². The summed E-state index contributed by atoms with van der Waals surface area (Å²) in [5.74, 6) is 0.377. The zero-order valence-corrected chi connectivity index (χ0v) is 14.2. The Kier molecular flexibility index (Phi) is 5.62. The maximum absolute atomic E-state index is 12.2. The number of carbonyl (C=O) groups is 1. The Morgan fingerprint density at radius 1 is 1.23 bits per heavy atom. The largest absolute Gasteiger partial charge is 0.342 e. The highest BCUT2D eigenvalue weighted by Crippen LogP contribution is 2.23. The molecule has 1 amide bonds. The first-order valence-corrected chi connectivity index (χ1v) is 9.85.